The zero-order valence-corrected chi connectivity index (χ0v) is 10.00. The molecule has 0 bridgehead atoms. The van der Waals surface area contributed by atoms with Crippen LogP contribution in [-0.2, 0) is 9.53 Å². The van der Waals surface area contributed by atoms with Crippen molar-refractivity contribution in [1.82, 2.24) is 4.90 Å². The van der Waals surface area contributed by atoms with Crippen molar-refractivity contribution in [2.24, 2.45) is 0 Å². The van der Waals surface area contributed by atoms with E-state index < -0.39 is 0 Å². The van der Waals surface area contributed by atoms with Crippen LogP contribution in [0.5, 0.6) is 0 Å². The van der Waals surface area contributed by atoms with E-state index in [1.165, 1.54) is 18.9 Å². The van der Waals surface area contributed by atoms with Crippen molar-refractivity contribution >= 4 is 5.97 Å². The smallest absolute Gasteiger partial charge is 0.330 e. The third-order valence-electron chi connectivity index (χ3n) is 2.38. The highest BCUT2D eigenvalue weighted by atomic mass is 16.5. The Morgan fingerprint density at radius 2 is 2.00 bits per heavy atom. The van der Waals surface area contributed by atoms with Gasteiger partial charge in [0.05, 0.1) is 6.61 Å². The Labute approximate surface area is 93.1 Å². The van der Waals surface area contributed by atoms with Crippen LogP contribution in [0.25, 0.3) is 0 Å². The summed E-state index contributed by atoms with van der Waals surface area (Å²) < 4.78 is 4.87. The molecule has 15 heavy (non-hydrogen) atoms. The predicted molar refractivity (Wildman–Crippen MR) is 62.8 cm³/mol. The van der Waals surface area contributed by atoms with Crippen molar-refractivity contribution in [3.8, 4) is 0 Å². The maximum Gasteiger partial charge on any atom is 0.330 e. The molecule has 0 saturated heterocycles. The van der Waals surface area contributed by atoms with E-state index in [0.717, 1.165) is 25.9 Å². The molecule has 0 fully saturated rings. The molecule has 0 rings (SSSR count). The lowest BCUT2D eigenvalue weighted by Crippen LogP contribution is -2.18. The molecule has 88 valence electrons. The van der Waals surface area contributed by atoms with Crippen LogP contribution >= 0.6 is 0 Å². The van der Waals surface area contributed by atoms with Gasteiger partial charge in [-0.05, 0) is 33.0 Å². The number of ether oxygens (including phenoxy) is 1. The summed E-state index contributed by atoms with van der Waals surface area (Å²) in [7, 11) is 2.13. The second-order valence-corrected chi connectivity index (χ2v) is 3.68. The van der Waals surface area contributed by atoms with Gasteiger partial charge in [-0.2, -0.15) is 0 Å². The molecular formula is C12H23NO2. The summed E-state index contributed by atoms with van der Waals surface area (Å²) >= 11 is 0. The van der Waals surface area contributed by atoms with Gasteiger partial charge < -0.3 is 9.64 Å². The van der Waals surface area contributed by atoms with E-state index in [4.69, 9.17) is 4.74 Å². The molecule has 0 aromatic carbocycles. The number of esters is 1. The van der Waals surface area contributed by atoms with Crippen molar-refractivity contribution in [1.29, 1.82) is 0 Å². The molecule has 0 amide bonds. The molecule has 0 aromatic rings. The molecule has 0 unspecified atom stereocenters. The van der Waals surface area contributed by atoms with Crippen LogP contribution in [0.15, 0.2) is 12.7 Å². The minimum absolute atomic E-state index is 0.319. The predicted octanol–water partition coefficient (Wildman–Crippen LogP) is 2.23. The average Bonchev–Trinajstić information content (AvgIpc) is 2.26. The van der Waals surface area contributed by atoms with Crippen LogP contribution in [0.1, 0.15) is 32.6 Å². The molecule has 0 radical (unpaired) electrons. The summed E-state index contributed by atoms with van der Waals surface area (Å²) in [6, 6.07) is 0. The van der Waals surface area contributed by atoms with E-state index in [-0.39, 0.29) is 5.97 Å². The van der Waals surface area contributed by atoms with Gasteiger partial charge in [0.1, 0.15) is 0 Å². The molecule has 0 N–H and O–H groups in total. The van der Waals surface area contributed by atoms with Gasteiger partial charge in [0.2, 0.25) is 0 Å². The molecule has 0 aliphatic carbocycles. The molecule has 0 atom stereocenters. The molecule has 0 aromatic heterocycles. The van der Waals surface area contributed by atoms with Gasteiger partial charge in [0.15, 0.2) is 0 Å². The summed E-state index contributed by atoms with van der Waals surface area (Å²) in [5.41, 5.74) is 0. The number of carbonyl (C=O) groups is 1. The first kappa shape index (κ1) is 14.2. The normalized spacial score (nSPS) is 10.3. The standard InChI is InChI=1S/C12H23NO2/c1-4-12(14)15-11-9-7-6-8-10-13(3)5-2/h4H,1,5-11H2,2-3H3. The Bertz CT molecular complexity index is 180. The van der Waals surface area contributed by atoms with Crippen molar-refractivity contribution in [2.45, 2.75) is 32.6 Å². The van der Waals surface area contributed by atoms with Crippen LogP contribution < -0.4 is 0 Å². The maximum absolute atomic E-state index is 10.7. The topological polar surface area (TPSA) is 29.5 Å². The third kappa shape index (κ3) is 9.47. The number of rotatable bonds is 9. The van der Waals surface area contributed by atoms with E-state index in [2.05, 4.69) is 25.5 Å². The average molecular weight is 213 g/mol. The van der Waals surface area contributed by atoms with Gasteiger partial charge in [0, 0.05) is 6.08 Å². The molecule has 0 aliphatic heterocycles. The fourth-order valence-corrected chi connectivity index (χ4v) is 1.23. The monoisotopic (exact) mass is 213 g/mol. The lowest BCUT2D eigenvalue weighted by atomic mass is 10.2. The molecular weight excluding hydrogens is 190 g/mol. The van der Waals surface area contributed by atoms with Crippen molar-refractivity contribution in [2.75, 3.05) is 26.7 Å². The van der Waals surface area contributed by atoms with Gasteiger partial charge in [-0.1, -0.05) is 26.3 Å². The first-order chi connectivity index (χ1) is 7.20. The minimum Gasteiger partial charge on any atom is -0.463 e. The van der Waals surface area contributed by atoms with E-state index >= 15 is 0 Å². The summed E-state index contributed by atoms with van der Waals surface area (Å²) in [4.78, 5) is 13.0. The first-order valence-corrected chi connectivity index (χ1v) is 5.68. The van der Waals surface area contributed by atoms with Gasteiger partial charge >= 0.3 is 5.97 Å². The zero-order chi connectivity index (χ0) is 11.5. The highest BCUT2D eigenvalue weighted by Crippen LogP contribution is 2.01. The van der Waals surface area contributed by atoms with Crippen molar-refractivity contribution in [3.63, 3.8) is 0 Å². The van der Waals surface area contributed by atoms with Crippen LogP contribution in [0.3, 0.4) is 0 Å². The van der Waals surface area contributed by atoms with E-state index in [1.54, 1.807) is 0 Å². The Morgan fingerprint density at radius 3 is 2.60 bits per heavy atom. The fourth-order valence-electron chi connectivity index (χ4n) is 1.23. The Balaban J connectivity index is 3.11. The SMILES string of the molecule is C=CC(=O)OCCCCCCN(C)CC. The summed E-state index contributed by atoms with van der Waals surface area (Å²) in [5, 5.41) is 0. The highest BCUT2D eigenvalue weighted by molar-refractivity contribution is 5.81. The lowest BCUT2D eigenvalue weighted by Gasteiger charge is -2.12. The molecule has 0 saturated carbocycles. The summed E-state index contributed by atoms with van der Waals surface area (Å²) in [6.45, 7) is 8.29. The maximum atomic E-state index is 10.7. The lowest BCUT2D eigenvalue weighted by molar-refractivity contribution is -0.137. The first-order valence-electron chi connectivity index (χ1n) is 5.68. The number of nitrogens with zero attached hydrogens (tertiary/aromatic N) is 1. The summed E-state index contributed by atoms with van der Waals surface area (Å²) in [5.74, 6) is -0.319. The molecule has 3 nitrogen and oxygen atoms in total. The third-order valence-corrected chi connectivity index (χ3v) is 2.38. The quantitative estimate of drug-likeness (QED) is 0.334. The number of carbonyl (C=O) groups excluding carboxylic acids is 1. The minimum atomic E-state index is -0.319. The van der Waals surface area contributed by atoms with Crippen LogP contribution in [-0.4, -0.2) is 37.6 Å². The van der Waals surface area contributed by atoms with Crippen molar-refractivity contribution in [3.05, 3.63) is 12.7 Å². The van der Waals surface area contributed by atoms with E-state index in [9.17, 15) is 4.79 Å². The highest BCUT2D eigenvalue weighted by Gasteiger charge is 1.96. The number of hydrogen-bond acceptors (Lipinski definition) is 3. The molecule has 3 heteroatoms. The van der Waals surface area contributed by atoms with E-state index in [1.807, 2.05) is 0 Å². The second-order valence-electron chi connectivity index (χ2n) is 3.68. The van der Waals surface area contributed by atoms with Crippen LogP contribution in [0, 0.1) is 0 Å². The Hall–Kier alpha value is -0.830. The molecule has 0 heterocycles. The van der Waals surface area contributed by atoms with Gasteiger partial charge in [-0.25, -0.2) is 4.79 Å². The molecule has 0 aliphatic rings. The van der Waals surface area contributed by atoms with Gasteiger partial charge in [-0.3, -0.25) is 0 Å². The van der Waals surface area contributed by atoms with Crippen LogP contribution in [0.2, 0.25) is 0 Å². The zero-order valence-electron chi connectivity index (χ0n) is 10.00. The van der Waals surface area contributed by atoms with Crippen molar-refractivity contribution < 1.29 is 9.53 Å². The van der Waals surface area contributed by atoms with Crippen LogP contribution in [0.4, 0.5) is 0 Å². The number of unbranched alkanes of at least 4 members (excludes halogenated alkanes) is 3. The molecule has 0 spiro atoms. The van der Waals surface area contributed by atoms with E-state index in [0.29, 0.717) is 6.61 Å². The fraction of sp³-hybridized carbons (Fsp3) is 0.750. The number of hydrogen-bond donors (Lipinski definition) is 0. The van der Waals surface area contributed by atoms with Gasteiger partial charge in [-0.15, -0.1) is 0 Å². The summed E-state index contributed by atoms with van der Waals surface area (Å²) in [6.07, 6.45) is 5.71. The Kier molecular flexibility index (Phi) is 9.18. The van der Waals surface area contributed by atoms with Gasteiger partial charge in [0.25, 0.3) is 0 Å². The largest absolute Gasteiger partial charge is 0.463 e. The Morgan fingerprint density at radius 1 is 1.33 bits per heavy atom. The second kappa shape index (κ2) is 9.71.